The highest BCUT2D eigenvalue weighted by Crippen LogP contribution is 2.24. The van der Waals surface area contributed by atoms with Crippen LogP contribution in [0.4, 0.5) is 14.5 Å². The highest BCUT2D eigenvalue weighted by atomic mass is 19.2. The van der Waals surface area contributed by atoms with Gasteiger partial charge in [0.05, 0.1) is 16.7 Å². The number of carbonyl (C=O) groups excluding carboxylic acids is 1. The van der Waals surface area contributed by atoms with Gasteiger partial charge in [0.2, 0.25) is 0 Å². The minimum absolute atomic E-state index is 0.189. The van der Waals surface area contributed by atoms with Gasteiger partial charge in [-0.2, -0.15) is 0 Å². The van der Waals surface area contributed by atoms with E-state index < -0.39 is 33.7 Å². The normalized spacial score (nSPS) is 15.0. The van der Waals surface area contributed by atoms with Crippen LogP contribution in [-0.4, -0.2) is 39.7 Å². The van der Waals surface area contributed by atoms with Gasteiger partial charge in [-0.3, -0.25) is 14.9 Å². The molecule has 1 aromatic carbocycles. The van der Waals surface area contributed by atoms with Gasteiger partial charge in [0.15, 0.2) is 11.6 Å². The van der Waals surface area contributed by atoms with Crippen molar-refractivity contribution >= 4 is 17.3 Å². The van der Waals surface area contributed by atoms with Crippen molar-refractivity contribution in [2.75, 3.05) is 13.1 Å². The Hall–Kier alpha value is -2.58. The zero-order chi connectivity index (χ0) is 15.6. The van der Waals surface area contributed by atoms with Crippen LogP contribution in [0.2, 0.25) is 0 Å². The number of nitrogens with zero attached hydrogens (tertiary/aromatic N) is 3. The van der Waals surface area contributed by atoms with E-state index in [-0.39, 0.29) is 13.1 Å². The van der Waals surface area contributed by atoms with Gasteiger partial charge in [-0.1, -0.05) is 5.16 Å². The van der Waals surface area contributed by atoms with Crippen LogP contribution >= 0.6 is 0 Å². The molecule has 1 amide bonds. The van der Waals surface area contributed by atoms with Crippen LogP contribution in [-0.2, 0) is 0 Å². The second kappa shape index (κ2) is 5.81. The van der Waals surface area contributed by atoms with E-state index in [1.54, 1.807) is 0 Å². The summed E-state index contributed by atoms with van der Waals surface area (Å²) in [5.41, 5.74) is -0.761. The minimum atomic E-state index is -1.38. The Labute approximate surface area is 117 Å². The van der Waals surface area contributed by atoms with E-state index in [0.29, 0.717) is 30.7 Å². The van der Waals surface area contributed by atoms with Crippen LogP contribution in [0.1, 0.15) is 23.2 Å². The Morgan fingerprint density at radius 2 is 1.86 bits per heavy atom. The molecule has 0 spiro atoms. The van der Waals surface area contributed by atoms with Crippen molar-refractivity contribution in [3.05, 3.63) is 39.4 Å². The number of hydrogen-bond acceptors (Lipinski definition) is 5. The molecular weight excluding hydrogens is 288 g/mol. The van der Waals surface area contributed by atoms with Crippen molar-refractivity contribution in [3.8, 4) is 0 Å². The monoisotopic (exact) mass is 299 g/mol. The first-order valence-corrected chi connectivity index (χ1v) is 6.06. The van der Waals surface area contributed by atoms with E-state index in [9.17, 15) is 23.7 Å². The van der Waals surface area contributed by atoms with Crippen molar-refractivity contribution in [2.45, 2.75) is 12.8 Å². The molecule has 21 heavy (non-hydrogen) atoms. The molecule has 1 N–H and O–H groups in total. The van der Waals surface area contributed by atoms with Gasteiger partial charge in [-0.15, -0.1) is 0 Å². The molecule has 0 unspecified atom stereocenters. The molecule has 0 radical (unpaired) electrons. The molecule has 0 atom stereocenters. The maximum absolute atomic E-state index is 13.2. The largest absolute Gasteiger partial charge is 0.411 e. The molecule has 1 aliphatic rings. The van der Waals surface area contributed by atoms with E-state index in [1.807, 2.05) is 0 Å². The smallest absolute Gasteiger partial charge is 0.285 e. The van der Waals surface area contributed by atoms with E-state index in [0.717, 1.165) is 0 Å². The third kappa shape index (κ3) is 2.96. The quantitative estimate of drug-likeness (QED) is 0.512. The van der Waals surface area contributed by atoms with Crippen LogP contribution in [0.5, 0.6) is 0 Å². The summed E-state index contributed by atoms with van der Waals surface area (Å²) in [6, 6.07) is 0.929. The SMILES string of the molecule is O=C(c1cc(F)c(F)cc1[N+](=O)[O-])N1CCC(=NO)CC1. The highest BCUT2D eigenvalue weighted by molar-refractivity contribution is 5.99. The summed E-state index contributed by atoms with van der Waals surface area (Å²) in [6.45, 7) is 0.378. The Kier molecular flexibility index (Phi) is 4.10. The topological polar surface area (TPSA) is 96.0 Å². The number of piperidine rings is 1. The van der Waals surface area contributed by atoms with Gasteiger partial charge < -0.3 is 10.1 Å². The van der Waals surface area contributed by atoms with Crippen molar-refractivity contribution in [1.82, 2.24) is 4.90 Å². The fourth-order valence-electron chi connectivity index (χ4n) is 2.10. The van der Waals surface area contributed by atoms with E-state index >= 15 is 0 Å². The fourth-order valence-corrected chi connectivity index (χ4v) is 2.10. The lowest BCUT2D eigenvalue weighted by Crippen LogP contribution is -2.39. The number of nitro benzene ring substituents is 1. The molecule has 1 aliphatic heterocycles. The molecule has 1 heterocycles. The maximum atomic E-state index is 13.2. The average molecular weight is 299 g/mol. The Morgan fingerprint density at radius 1 is 1.29 bits per heavy atom. The van der Waals surface area contributed by atoms with E-state index in [4.69, 9.17) is 5.21 Å². The fraction of sp³-hybridized carbons (Fsp3) is 0.333. The molecule has 2 rings (SSSR count). The van der Waals surface area contributed by atoms with Gasteiger partial charge in [0.25, 0.3) is 11.6 Å². The lowest BCUT2D eigenvalue weighted by molar-refractivity contribution is -0.385. The van der Waals surface area contributed by atoms with E-state index in [2.05, 4.69) is 5.16 Å². The van der Waals surface area contributed by atoms with Gasteiger partial charge in [0.1, 0.15) is 5.56 Å². The summed E-state index contributed by atoms with van der Waals surface area (Å²) in [7, 11) is 0. The summed E-state index contributed by atoms with van der Waals surface area (Å²) in [4.78, 5) is 23.4. The van der Waals surface area contributed by atoms with Crippen LogP contribution < -0.4 is 0 Å². The Balaban J connectivity index is 2.31. The van der Waals surface area contributed by atoms with Crippen molar-refractivity contribution < 1.29 is 23.7 Å². The molecular formula is C12H11F2N3O4. The third-order valence-corrected chi connectivity index (χ3v) is 3.23. The number of carbonyl (C=O) groups is 1. The first kappa shape index (κ1) is 14.8. The number of oxime groups is 1. The standard InChI is InChI=1S/C12H11F2N3O4/c13-9-5-8(11(17(20)21)6-10(9)14)12(18)16-3-1-7(15-19)2-4-16/h5-6,19H,1-4H2. The molecule has 112 valence electrons. The molecule has 0 aliphatic carbocycles. The van der Waals surface area contributed by atoms with Crippen LogP contribution in [0.25, 0.3) is 0 Å². The van der Waals surface area contributed by atoms with Gasteiger partial charge in [-0.05, 0) is 6.07 Å². The molecule has 1 saturated heterocycles. The van der Waals surface area contributed by atoms with Gasteiger partial charge in [0, 0.05) is 25.9 Å². The third-order valence-electron chi connectivity index (χ3n) is 3.23. The highest BCUT2D eigenvalue weighted by Gasteiger charge is 2.29. The lowest BCUT2D eigenvalue weighted by Gasteiger charge is -2.27. The van der Waals surface area contributed by atoms with Crippen LogP contribution in [0, 0.1) is 21.7 Å². The lowest BCUT2D eigenvalue weighted by atomic mass is 10.1. The van der Waals surface area contributed by atoms with Crippen molar-refractivity contribution in [3.63, 3.8) is 0 Å². The summed E-state index contributed by atoms with van der Waals surface area (Å²) in [5, 5.41) is 22.5. The second-order valence-corrected chi connectivity index (χ2v) is 4.50. The zero-order valence-electron chi connectivity index (χ0n) is 10.8. The van der Waals surface area contributed by atoms with Crippen LogP contribution in [0.3, 0.4) is 0 Å². The predicted octanol–water partition coefficient (Wildman–Crippen LogP) is 1.94. The van der Waals surface area contributed by atoms with Crippen LogP contribution in [0.15, 0.2) is 17.3 Å². The molecule has 7 nitrogen and oxygen atoms in total. The van der Waals surface area contributed by atoms with Gasteiger partial charge in [-0.25, -0.2) is 8.78 Å². The summed E-state index contributed by atoms with van der Waals surface area (Å²) in [6.07, 6.45) is 0.638. The number of likely N-dealkylation sites (tertiary alicyclic amines) is 1. The minimum Gasteiger partial charge on any atom is -0.411 e. The Morgan fingerprint density at radius 3 is 2.38 bits per heavy atom. The number of halogens is 2. The molecule has 0 aromatic heterocycles. The number of hydrogen-bond donors (Lipinski definition) is 1. The number of nitro groups is 1. The molecule has 9 heteroatoms. The summed E-state index contributed by atoms with van der Waals surface area (Å²) < 4.78 is 26.3. The first-order valence-electron chi connectivity index (χ1n) is 6.06. The number of benzene rings is 1. The average Bonchev–Trinajstić information content (AvgIpc) is 2.48. The molecule has 1 fully saturated rings. The van der Waals surface area contributed by atoms with Crippen molar-refractivity contribution in [1.29, 1.82) is 0 Å². The molecule has 0 saturated carbocycles. The summed E-state index contributed by atoms with van der Waals surface area (Å²) >= 11 is 0. The van der Waals surface area contributed by atoms with Gasteiger partial charge >= 0.3 is 0 Å². The second-order valence-electron chi connectivity index (χ2n) is 4.50. The molecule has 0 bridgehead atoms. The predicted molar refractivity (Wildman–Crippen MR) is 67.4 cm³/mol. The number of amides is 1. The summed E-state index contributed by atoms with van der Waals surface area (Å²) in [5.74, 6) is -3.46. The number of rotatable bonds is 2. The van der Waals surface area contributed by atoms with E-state index in [1.165, 1.54) is 4.90 Å². The first-order chi connectivity index (χ1) is 9.93. The zero-order valence-corrected chi connectivity index (χ0v) is 10.8. The maximum Gasteiger partial charge on any atom is 0.285 e. The molecule has 1 aromatic rings. The Bertz CT molecular complexity index is 623. The van der Waals surface area contributed by atoms with Crippen molar-refractivity contribution in [2.24, 2.45) is 5.16 Å².